The summed E-state index contributed by atoms with van der Waals surface area (Å²) in [6.07, 6.45) is 0. The van der Waals surface area contributed by atoms with Crippen LogP contribution in [0.5, 0.6) is 5.75 Å². The molecule has 11 heteroatoms. The van der Waals surface area contributed by atoms with Gasteiger partial charge in [0.2, 0.25) is 11.9 Å². The molecule has 0 unspecified atom stereocenters. The normalized spacial score (nSPS) is 12.3. The summed E-state index contributed by atoms with van der Waals surface area (Å²) in [7, 11) is 0. The first-order valence-electron chi connectivity index (χ1n) is 14.1. The number of thiol groups is 1. The van der Waals surface area contributed by atoms with Crippen LogP contribution < -0.4 is 26.2 Å². The summed E-state index contributed by atoms with van der Waals surface area (Å²) in [5, 5.41) is 9.37. The molecule has 0 spiro atoms. The highest BCUT2D eigenvalue weighted by Crippen LogP contribution is 2.33. The summed E-state index contributed by atoms with van der Waals surface area (Å²) < 4.78 is 5.54. The second kappa shape index (κ2) is 13.7. The number of carbonyl (C=O) groups is 1. The first-order chi connectivity index (χ1) is 18.8. The number of nitrogens with one attached hydrogen (secondary N) is 5. The maximum Gasteiger partial charge on any atom is 0.278 e. The lowest BCUT2D eigenvalue weighted by Gasteiger charge is -2.46. The molecule has 0 bridgehead atoms. The Balaban J connectivity index is 0.00000138. The van der Waals surface area contributed by atoms with Crippen LogP contribution in [0.2, 0.25) is 0 Å². The van der Waals surface area contributed by atoms with Crippen LogP contribution in [0.1, 0.15) is 87.6 Å². The Kier molecular flexibility index (Phi) is 11.4. The maximum atomic E-state index is 12.6. The number of anilines is 2. The molecule has 1 amide bonds. The fourth-order valence-corrected chi connectivity index (χ4v) is 4.06. The minimum absolute atomic E-state index is 0.000907. The molecular formula is C30H49N7O3S. The predicted octanol–water partition coefficient (Wildman–Crippen LogP) is 5.92. The summed E-state index contributed by atoms with van der Waals surface area (Å²) in [5.74, 6) is 1.79. The molecule has 41 heavy (non-hydrogen) atoms. The molecule has 0 aliphatic heterocycles. The molecule has 2 heterocycles. The first kappa shape index (κ1) is 34.2. The molecule has 0 aliphatic carbocycles. The highest BCUT2D eigenvalue weighted by Gasteiger charge is 2.39. The highest BCUT2D eigenvalue weighted by molar-refractivity contribution is 7.81. The Morgan fingerprint density at radius 3 is 2.05 bits per heavy atom. The zero-order chi connectivity index (χ0) is 31.2. The number of ether oxygens (including phenoxy) is 1. The quantitative estimate of drug-likeness (QED) is 0.121. The second-order valence-electron chi connectivity index (χ2n) is 13.0. The number of hydrogen-bond donors (Lipinski definition) is 6. The molecule has 0 aliphatic rings. The lowest BCUT2D eigenvalue weighted by molar-refractivity contribution is -0.118. The van der Waals surface area contributed by atoms with Crippen molar-refractivity contribution in [3.8, 4) is 5.75 Å². The van der Waals surface area contributed by atoms with Crippen molar-refractivity contribution in [1.29, 1.82) is 0 Å². The molecule has 3 aromatic rings. The topological polar surface area (TPSA) is 137 Å². The van der Waals surface area contributed by atoms with Gasteiger partial charge in [-0.3, -0.25) is 25.2 Å². The predicted molar refractivity (Wildman–Crippen MR) is 172 cm³/mol. The minimum Gasteiger partial charge on any atom is -0.484 e. The van der Waals surface area contributed by atoms with Gasteiger partial charge in [0.05, 0.1) is 4.87 Å². The van der Waals surface area contributed by atoms with Crippen molar-refractivity contribution in [2.45, 2.75) is 92.5 Å². The van der Waals surface area contributed by atoms with Crippen molar-refractivity contribution in [3.63, 3.8) is 0 Å². The maximum absolute atomic E-state index is 12.6. The van der Waals surface area contributed by atoms with Gasteiger partial charge in [-0.2, -0.15) is 22.6 Å². The summed E-state index contributed by atoms with van der Waals surface area (Å²) in [4.78, 5) is 38.8. The van der Waals surface area contributed by atoms with Gasteiger partial charge in [-0.15, -0.1) is 0 Å². The van der Waals surface area contributed by atoms with Gasteiger partial charge in [0, 0.05) is 12.1 Å². The Hall–Kier alpha value is -3.05. The Labute approximate surface area is 249 Å². The number of fused-ring (bicyclic) bond motifs is 1. The van der Waals surface area contributed by atoms with Crippen LogP contribution in [0.25, 0.3) is 11.2 Å². The summed E-state index contributed by atoms with van der Waals surface area (Å²) >= 11 is 4.60. The van der Waals surface area contributed by atoms with Gasteiger partial charge in [-0.05, 0) is 62.6 Å². The molecule has 0 radical (unpaired) electrons. The summed E-state index contributed by atoms with van der Waals surface area (Å²) in [6, 6.07) is 7.58. The van der Waals surface area contributed by atoms with E-state index in [9.17, 15) is 9.59 Å². The fraction of sp³-hybridized carbons (Fsp3) is 0.600. The van der Waals surface area contributed by atoms with E-state index in [0.29, 0.717) is 24.2 Å². The molecule has 0 saturated heterocycles. The Morgan fingerprint density at radius 2 is 1.51 bits per heavy atom. The van der Waals surface area contributed by atoms with Crippen LogP contribution in [0, 0.1) is 11.3 Å². The van der Waals surface area contributed by atoms with E-state index < -0.39 is 11.5 Å². The second-order valence-corrected chi connectivity index (χ2v) is 14.2. The molecule has 0 saturated carbocycles. The van der Waals surface area contributed by atoms with Crippen LogP contribution in [0.3, 0.4) is 0 Å². The van der Waals surface area contributed by atoms with Gasteiger partial charge in [-0.1, -0.05) is 60.6 Å². The zero-order valence-corrected chi connectivity index (χ0v) is 27.3. The van der Waals surface area contributed by atoms with Crippen molar-refractivity contribution in [1.82, 2.24) is 25.3 Å². The molecule has 2 aromatic heterocycles. The number of nitrogens with zero attached hydrogens (tertiary/aromatic N) is 2. The van der Waals surface area contributed by atoms with Gasteiger partial charge in [-0.25, -0.2) is 0 Å². The van der Waals surface area contributed by atoms with Gasteiger partial charge in [0.1, 0.15) is 5.75 Å². The number of rotatable bonds is 11. The first-order valence-corrected chi connectivity index (χ1v) is 14.5. The standard InChI is InChI=1S/C26H39N7O3S.C4H10/c1-15(2)16-9-11-17(12-10-16)36-13-18(34)28-23-31-20-19(21(35)32-23)29-22(30-20)27-14-24(3,4)25(5,6)33-26(7,8)37;1-4(2)3/h9-12,15,33,37H,13-14H2,1-8H3,(H4,27,28,29,30,31,32,34,35);4H,1-3H3. The van der Waals surface area contributed by atoms with Crippen molar-refractivity contribution < 1.29 is 9.53 Å². The third-order valence-corrected chi connectivity index (χ3v) is 6.66. The van der Waals surface area contributed by atoms with Gasteiger partial charge >= 0.3 is 0 Å². The fourth-order valence-electron chi connectivity index (χ4n) is 3.78. The van der Waals surface area contributed by atoms with Crippen LogP contribution >= 0.6 is 12.6 Å². The van der Waals surface area contributed by atoms with Crippen molar-refractivity contribution in [2.75, 3.05) is 23.8 Å². The van der Waals surface area contributed by atoms with E-state index in [1.165, 1.54) is 5.56 Å². The monoisotopic (exact) mass is 587 g/mol. The van der Waals surface area contributed by atoms with Crippen molar-refractivity contribution in [3.05, 3.63) is 40.2 Å². The van der Waals surface area contributed by atoms with Crippen LogP contribution in [-0.4, -0.2) is 49.4 Å². The number of benzene rings is 1. The number of aromatic nitrogens is 4. The van der Waals surface area contributed by atoms with Crippen molar-refractivity contribution >= 4 is 41.6 Å². The number of amides is 1. The van der Waals surface area contributed by atoms with E-state index in [1.54, 1.807) is 0 Å². The van der Waals surface area contributed by atoms with Crippen LogP contribution in [-0.2, 0) is 4.79 Å². The molecule has 228 valence electrons. The zero-order valence-electron chi connectivity index (χ0n) is 26.4. The van der Waals surface area contributed by atoms with Crippen LogP contribution in [0.4, 0.5) is 11.9 Å². The van der Waals surface area contributed by atoms with Crippen molar-refractivity contribution in [2.24, 2.45) is 11.3 Å². The number of hydrogen-bond acceptors (Lipinski definition) is 8. The largest absolute Gasteiger partial charge is 0.484 e. The minimum atomic E-state index is -0.451. The van der Waals surface area contributed by atoms with Gasteiger partial charge in [0.15, 0.2) is 17.8 Å². The van der Waals surface area contributed by atoms with E-state index in [0.717, 1.165) is 5.92 Å². The van der Waals surface area contributed by atoms with Gasteiger partial charge in [0.25, 0.3) is 11.5 Å². The molecule has 0 atom stereocenters. The lowest BCUT2D eigenvalue weighted by Crippen LogP contribution is -2.59. The molecule has 10 nitrogen and oxygen atoms in total. The average molecular weight is 588 g/mol. The van der Waals surface area contributed by atoms with E-state index in [-0.39, 0.29) is 39.5 Å². The number of aromatic amines is 2. The number of H-pyrrole nitrogens is 2. The summed E-state index contributed by atoms with van der Waals surface area (Å²) in [5.41, 5.74) is 0.685. The lowest BCUT2D eigenvalue weighted by atomic mass is 9.74. The molecule has 3 rings (SSSR count). The van der Waals surface area contributed by atoms with E-state index in [4.69, 9.17) is 4.74 Å². The SMILES string of the molecule is CC(C)C.CC(C)c1ccc(OCC(=O)Nc2nc3nc(NCC(C)(C)C(C)(C)NC(C)(C)S)[nH]c3c(=O)[nH]2)cc1. The molecule has 5 N–H and O–H groups in total. The molecule has 1 aromatic carbocycles. The average Bonchev–Trinajstić information content (AvgIpc) is 3.23. The highest BCUT2D eigenvalue weighted by atomic mass is 32.1. The number of imidazole rings is 1. The summed E-state index contributed by atoms with van der Waals surface area (Å²) in [6.45, 7) is 23.6. The Morgan fingerprint density at radius 1 is 0.951 bits per heavy atom. The van der Waals surface area contributed by atoms with E-state index >= 15 is 0 Å². The van der Waals surface area contributed by atoms with Gasteiger partial charge < -0.3 is 15.0 Å². The van der Waals surface area contributed by atoms with Crippen LogP contribution in [0.15, 0.2) is 29.1 Å². The Bertz CT molecular complexity index is 1330. The van der Waals surface area contributed by atoms with E-state index in [2.05, 4.69) is 111 Å². The molecular weight excluding hydrogens is 538 g/mol. The number of carbonyl (C=O) groups excluding carboxylic acids is 1. The smallest absolute Gasteiger partial charge is 0.278 e. The molecule has 0 fully saturated rings. The van der Waals surface area contributed by atoms with E-state index in [1.807, 2.05) is 38.1 Å². The third kappa shape index (κ3) is 10.7. The third-order valence-electron chi connectivity index (χ3n) is 6.54.